The van der Waals surface area contributed by atoms with Crippen molar-refractivity contribution in [3.63, 3.8) is 0 Å². The van der Waals surface area contributed by atoms with Crippen LogP contribution in [0.15, 0.2) is 59.5 Å². The highest BCUT2D eigenvalue weighted by atomic mass is 32.2. The molecule has 2 aromatic rings. The van der Waals surface area contributed by atoms with Gasteiger partial charge in [0.25, 0.3) is 0 Å². The van der Waals surface area contributed by atoms with Crippen LogP contribution in [0.3, 0.4) is 0 Å². The second-order valence-electron chi connectivity index (χ2n) is 7.38. The van der Waals surface area contributed by atoms with E-state index in [1.807, 2.05) is 30.3 Å². The molecule has 2 aliphatic heterocycles. The molecule has 2 amide bonds. The summed E-state index contributed by atoms with van der Waals surface area (Å²) in [4.78, 5) is 16.4. The van der Waals surface area contributed by atoms with E-state index in [1.165, 1.54) is 4.31 Å². The molecule has 2 heterocycles. The summed E-state index contributed by atoms with van der Waals surface area (Å²) < 4.78 is 27.5. The Morgan fingerprint density at radius 2 is 1.41 bits per heavy atom. The smallest absolute Gasteiger partial charge is 0.321 e. The van der Waals surface area contributed by atoms with Crippen molar-refractivity contribution in [3.8, 4) is 0 Å². The van der Waals surface area contributed by atoms with Crippen LogP contribution in [0.4, 0.5) is 16.2 Å². The zero-order chi connectivity index (χ0) is 20.3. The van der Waals surface area contributed by atoms with Gasteiger partial charge in [-0.15, -0.1) is 0 Å². The fourth-order valence-corrected chi connectivity index (χ4v) is 5.23. The Labute approximate surface area is 172 Å². The van der Waals surface area contributed by atoms with E-state index in [1.54, 1.807) is 29.2 Å². The van der Waals surface area contributed by atoms with Crippen LogP contribution in [0.25, 0.3) is 0 Å². The number of amides is 2. The number of nitrogens with zero attached hydrogens (tertiary/aromatic N) is 3. The highest BCUT2D eigenvalue weighted by Gasteiger charge is 2.28. The summed E-state index contributed by atoms with van der Waals surface area (Å²) in [6, 6.07) is 16.3. The minimum absolute atomic E-state index is 0.129. The fourth-order valence-electron chi connectivity index (χ4n) is 3.81. The first-order chi connectivity index (χ1) is 14.0. The number of carbonyl (C=O) groups excluding carboxylic acids is 1. The molecular formula is C21H26N4O3S. The quantitative estimate of drug-likeness (QED) is 0.835. The van der Waals surface area contributed by atoms with Crippen molar-refractivity contribution in [2.75, 3.05) is 49.5 Å². The van der Waals surface area contributed by atoms with Crippen molar-refractivity contribution < 1.29 is 13.2 Å². The zero-order valence-corrected chi connectivity index (χ0v) is 17.1. The van der Waals surface area contributed by atoms with Crippen LogP contribution < -0.4 is 10.2 Å². The van der Waals surface area contributed by atoms with Gasteiger partial charge in [0.2, 0.25) is 10.0 Å². The molecule has 0 bridgehead atoms. The van der Waals surface area contributed by atoms with Crippen molar-refractivity contribution in [2.24, 2.45) is 0 Å². The lowest BCUT2D eigenvalue weighted by Gasteiger charge is -2.35. The predicted molar refractivity (Wildman–Crippen MR) is 114 cm³/mol. The Hall–Kier alpha value is -2.58. The number of likely N-dealkylation sites (tertiary alicyclic amines) is 1. The molecule has 2 aliphatic rings. The van der Waals surface area contributed by atoms with Crippen LogP contribution in [0, 0.1) is 0 Å². The van der Waals surface area contributed by atoms with Gasteiger partial charge < -0.3 is 15.1 Å². The Morgan fingerprint density at radius 1 is 0.793 bits per heavy atom. The van der Waals surface area contributed by atoms with E-state index in [4.69, 9.17) is 0 Å². The molecule has 2 aromatic carbocycles. The molecule has 0 radical (unpaired) electrons. The average molecular weight is 415 g/mol. The average Bonchev–Trinajstić information content (AvgIpc) is 3.30. The summed E-state index contributed by atoms with van der Waals surface area (Å²) in [7, 11) is -3.54. The van der Waals surface area contributed by atoms with Gasteiger partial charge in [-0.1, -0.05) is 18.2 Å². The molecule has 29 heavy (non-hydrogen) atoms. The fraction of sp³-hybridized carbons (Fsp3) is 0.381. The third-order valence-electron chi connectivity index (χ3n) is 5.50. The maximum atomic E-state index is 13.0. The summed E-state index contributed by atoms with van der Waals surface area (Å²) >= 11 is 0. The molecule has 0 atom stereocenters. The maximum Gasteiger partial charge on any atom is 0.321 e. The number of nitrogens with one attached hydrogen (secondary N) is 1. The number of hydrogen-bond donors (Lipinski definition) is 1. The SMILES string of the molecule is O=C(Nc1ccc(S(=O)(=O)N2CCN(c3ccccc3)CC2)cc1)N1CCCC1. The third-order valence-corrected chi connectivity index (χ3v) is 7.41. The van der Waals surface area contributed by atoms with Gasteiger partial charge in [-0.25, -0.2) is 13.2 Å². The summed E-state index contributed by atoms with van der Waals surface area (Å²) in [5, 5.41) is 2.84. The van der Waals surface area contributed by atoms with E-state index < -0.39 is 10.0 Å². The van der Waals surface area contributed by atoms with Gasteiger partial charge in [0.1, 0.15) is 0 Å². The number of rotatable bonds is 4. The largest absolute Gasteiger partial charge is 0.369 e. The molecule has 2 fully saturated rings. The van der Waals surface area contributed by atoms with Gasteiger partial charge >= 0.3 is 6.03 Å². The van der Waals surface area contributed by atoms with Crippen molar-refractivity contribution >= 4 is 27.4 Å². The van der Waals surface area contributed by atoms with E-state index in [-0.39, 0.29) is 10.9 Å². The second-order valence-corrected chi connectivity index (χ2v) is 9.31. The standard InChI is InChI=1S/C21H26N4O3S/c26-21(24-12-4-5-13-24)22-18-8-10-20(11-9-18)29(27,28)25-16-14-23(15-17-25)19-6-2-1-3-7-19/h1-3,6-11H,4-5,12-17H2,(H,22,26). The predicted octanol–water partition coefficient (Wildman–Crippen LogP) is 2.83. The number of piperazine rings is 1. The molecule has 0 saturated carbocycles. The molecular weight excluding hydrogens is 388 g/mol. The molecule has 0 aliphatic carbocycles. The number of anilines is 2. The lowest BCUT2D eigenvalue weighted by Crippen LogP contribution is -2.48. The van der Waals surface area contributed by atoms with E-state index in [2.05, 4.69) is 10.2 Å². The van der Waals surface area contributed by atoms with E-state index in [9.17, 15) is 13.2 Å². The third kappa shape index (κ3) is 4.38. The monoisotopic (exact) mass is 414 g/mol. The number of para-hydroxylation sites is 1. The van der Waals surface area contributed by atoms with Crippen LogP contribution in [-0.2, 0) is 10.0 Å². The van der Waals surface area contributed by atoms with Gasteiger partial charge in [0.05, 0.1) is 4.90 Å². The molecule has 2 saturated heterocycles. The first-order valence-electron chi connectivity index (χ1n) is 10.0. The van der Waals surface area contributed by atoms with Crippen molar-refractivity contribution in [2.45, 2.75) is 17.7 Å². The van der Waals surface area contributed by atoms with Crippen LogP contribution in [0.1, 0.15) is 12.8 Å². The number of carbonyl (C=O) groups is 1. The zero-order valence-electron chi connectivity index (χ0n) is 16.3. The molecule has 0 spiro atoms. The molecule has 1 N–H and O–H groups in total. The van der Waals surface area contributed by atoms with Crippen LogP contribution >= 0.6 is 0 Å². The lowest BCUT2D eigenvalue weighted by atomic mass is 10.2. The van der Waals surface area contributed by atoms with E-state index in [0.717, 1.165) is 31.6 Å². The number of urea groups is 1. The van der Waals surface area contributed by atoms with Crippen molar-refractivity contribution in [3.05, 3.63) is 54.6 Å². The molecule has 0 unspecified atom stereocenters. The van der Waals surface area contributed by atoms with E-state index >= 15 is 0 Å². The summed E-state index contributed by atoms with van der Waals surface area (Å²) in [5.74, 6) is 0. The van der Waals surface area contributed by atoms with Crippen molar-refractivity contribution in [1.82, 2.24) is 9.21 Å². The Kier molecular flexibility index (Phi) is 5.73. The molecule has 0 aromatic heterocycles. The van der Waals surface area contributed by atoms with Crippen LogP contribution in [-0.4, -0.2) is 62.9 Å². The summed E-state index contributed by atoms with van der Waals surface area (Å²) in [5.41, 5.74) is 1.72. The minimum atomic E-state index is -3.54. The van der Waals surface area contributed by atoms with Crippen LogP contribution in [0.2, 0.25) is 0 Å². The Morgan fingerprint density at radius 3 is 2.03 bits per heavy atom. The van der Waals surface area contributed by atoms with E-state index in [0.29, 0.717) is 31.9 Å². The molecule has 154 valence electrons. The van der Waals surface area contributed by atoms with Crippen LogP contribution in [0.5, 0.6) is 0 Å². The van der Waals surface area contributed by atoms with Gasteiger partial charge in [0.15, 0.2) is 0 Å². The molecule has 4 rings (SSSR count). The normalized spacial score (nSPS) is 18.1. The molecule has 8 heteroatoms. The number of benzene rings is 2. The first-order valence-corrected chi connectivity index (χ1v) is 11.4. The topological polar surface area (TPSA) is 73.0 Å². The molecule has 7 nitrogen and oxygen atoms in total. The van der Waals surface area contributed by atoms with Crippen molar-refractivity contribution in [1.29, 1.82) is 0 Å². The summed E-state index contributed by atoms with van der Waals surface area (Å²) in [6.45, 7) is 3.76. The minimum Gasteiger partial charge on any atom is -0.369 e. The van der Waals surface area contributed by atoms with Gasteiger partial charge in [-0.2, -0.15) is 4.31 Å². The Bertz CT molecular complexity index is 934. The highest BCUT2D eigenvalue weighted by molar-refractivity contribution is 7.89. The highest BCUT2D eigenvalue weighted by Crippen LogP contribution is 2.22. The van der Waals surface area contributed by atoms with Gasteiger partial charge in [-0.05, 0) is 49.2 Å². The Balaban J connectivity index is 1.38. The lowest BCUT2D eigenvalue weighted by molar-refractivity contribution is 0.222. The second kappa shape index (κ2) is 8.42. The van der Waals surface area contributed by atoms with Gasteiger partial charge in [0, 0.05) is 50.6 Å². The number of sulfonamides is 1. The summed E-state index contributed by atoms with van der Waals surface area (Å²) in [6.07, 6.45) is 2.06. The maximum absolute atomic E-state index is 13.0. The van der Waals surface area contributed by atoms with Gasteiger partial charge in [-0.3, -0.25) is 0 Å². The first kappa shape index (κ1) is 19.7. The number of hydrogen-bond acceptors (Lipinski definition) is 4.